The Labute approximate surface area is 103 Å². The van der Waals surface area contributed by atoms with Gasteiger partial charge in [-0.3, -0.25) is 0 Å². The second-order valence-electron chi connectivity index (χ2n) is 3.25. The number of aliphatic hydroxyl groups is 1. The van der Waals surface area contributed by atoms with Gasteiger partial charge in [-0.15, -0.1) is 0 Å². The van der Waals surface area contributed by atoms with Crippen LogP contribution < -0.4 is 5.73 Å². The SMILES string of the molecule is CC(OC(N)=O)C(O)c1cc(Cl)ccc1Cl. The van der Waals surface area contributed by atoms with Gasteiger partial charge in [-0.25, -0.2) is 4.79 Å². The van der Waals surface area contributed by atoms with Gasteiger partial charge in [0, 0.05) is 15.6 Å². The van der Waals surface area contributed by atoms with Crippen LogP contribution in [0.25, 0.3) is 0 Å². The van der Waals surface area contributed by atoms with E-state index in [0.29, 0.717) is 15.6 Å². The van der Waals surface area contributed by atoms with E-state index >= 15 is 0 Å². The molecule has 0 aliphatic carbocycles. The highest BCUT2D eigenvalue weighted by Gasteiger charge is 2.21. The van der Waals surface area contributed by atoms with Crippen LogP contribution in [0.5, 0.6) is 0 Å². The zero-order valence-electron chi connectivity index (χ0n) is 8.48. The van der Waals surface area contributed by atoms with E-state index < -0.39 is 18.3 Å². The van der Waals surface area contributed by atoms with Gasteiger partial charge in [0.1, 0.15) is 12.2 Å². The topological polar surface area (TPSA) is 72.5 Å². The molecule has 4 nitrogen and oxygen atoms in total. The second kappa shape index (κ2) is 5.39. The number of rotatable bonds is 3. The lowest BCUT2D eigenvalue weighted by Crippen LogP contribution is -2.26. The number of aliphatic hydroxyl groups excluding tert-OH is 1. The van der Waals surface area contributed by atoms with Gasteiger partial charge in [-0.2, -0.15) is 0 Å². The first-order valence-electron chi connectivity index (χ1n) is 4.51. The number of carbonyl (C=O) groups is 1. The van der Waals surface area contributed by atoms with Crippen LogP contribution in [-0.4, -0.2) is 17.3 Å². The average molecular weight is 264 g/mol. The minimum Gasteiger partial charge on any atom is -0.444 e. The summed E-state index contributed by atoms with van der Waals surface area (Å²) >= 11 is 11.7. The Morgan fingerprint density at radius 3 is 2.69 bits per heavy atom. The Hall–Kier alpha value is -0.970. The van der Waals surface area contributed by atoms with Crippen LogP contribution in [0.1, 0.15) is 18.6 Å². The maximum atomic E-state index is 10.5. The van der Waals surface area contributed by atoms with Crippen LogP contribution >= 0.6 is 23.2 Å². The molecule has 88 valence electrons. The average Bonchev–Trinajstić information content (AvgIpc) is 2.19. The number of hydrogen-bond donors (Lipinski definition) is 2. The summed E-state index contributed by atoms with van der Waals surface area (Å²) in [6.45, 7) is 1.51. The zero-order chi connectivity index (χ0) is 12.3. The molecular weight excluding hydrogens is 253 g/mol. The lowest BCUT2D eigenvalue weighted by atomic mass is 10.1. The predicted molar refractivity (Wildman–Crippen MR) is 61.6 cm³/mol. The molecule has 0 spiro atoms. The third-order valence-electron chi connectivity index (χ3n) is 2.02. The number of halogens is 2. The van der Waals surface area contributed by atoms with Crippen molar-refractivity contribution >= 4 is 29.3 Å². The summed E-state index contributed by atoms with van der Waals surface area (Å²) in [4.78, 5) is 10.5. The van der Waals surface area contributed by atoms with Crippen molar-refractivity contribution in [1.29, 1.82) is 0 Å². The number of ether oxygens (including phenoxy) is 1. The largest absolute Gasteiger partial charge is 0.444 e. The molecular formula is C10H11Cl2NO3. The number of amides is 1. The van der Waals surface area contributed by atoms with Crippen molar-refractivity contribution in [3.63, 3.8) is 0 Å². The van der Waals surface area contributed by atoms with Crippen molar-refractivity contribution in [3.05, 3.63) is 33.8 Å². The number of nitrogens with two attached hydrogens (primary N) is 1. The van der Waals surface area contributed by atoms with Gasteiger partial charge in [0.05, 0.1) is 0 Å². The minimum atomic E-state index is -1.07. The van der Waals surface area contributed by atoms with E-state index in [1.807, 2.05) is 0 Å². The van der Waals surface area contributed by atoms with Crippen molar-refractivity contribution in [1.82, 2.24) is 0 Å². The molecule has 1 amide bonds. The summed E-state index contributed by atoms with van der Waals surface area (Å²) in [6, 6.07) is 4.66. The summed E-state index contributed by atoms with van der Waals surface area (Å²) in [7, 11) is 0. The van der Waals surface area contributed by atoms with Gasteiger partial charge in [0.15, 0.2) is 0 Å². The summed E-state index contributed by atoms with van der Waals surface area (Å²) in [5, 5.41) is 10.6. The molecule has 2 unspecified atom stereocenters. The normalized spacial score (nSPS) is 14.2. The number of hydrogen-bond acceptors (Lipinski definition) is 3. The zero-order valence-corrected chi connectivity index (χ0v) is 10.00. The Balaban J connectivity index is 2.90. The van der Waals surface area contributed by atoms with Gasteiger partial charge in [-0.1, -0.05) is 23.2 Å². The van der Waals surface area contributed by atoms with Gasteiger partial charge >= 0.3 is 6.09 Å². The van der Waals surface area contributed by atoms with Crippen LogP contribution in [0.2, 0.25) is 10.0 Å². The summed E-state index contributed by atoms with van der Waals surface area (Å²) in [5.74, 6) is 0. The Morgan fingerprint density at radius 2 is 2.12 bits per heavy atom. The fourth-order valence-electron chi connectivity index (χ4n) is 1.24. The first-order chi connectivity index (χ1) is 7.41. The highest BCUT2D eigenvalue weighted by Crippen LogP contribution is 2.29. The van der Waals surface area contributed by atoms with Crippen LogP contribution in [0.4, 0.5) is 4.79 Å². The smallest absolute Gasteiger partial charge is 0.404 e. The van der Waals surface area contributed by atoms with Crippen LogP contribution in [-0.2, 0) is 4.74 Å². The standard InChI is InChI=1S/C10H11Cl2NO3/c1-5(16-10(13)15)9(14)7-4-6(11)2-3-8(7)12/h2-5,9,14H,1H3,(H2,13,15). The van der Waals surface area contributed by atoms with E-state index in [4.69, 9.17) is 28.9 Å². The lowest BCUT2D eigenvalue weighted by molar-refractivity contribution is 0.0158. The first-order valence-corrected chi connectivity index (χ1v) is 5.26. The van der Waals surface area contributed by atoms with E-state index in [1.165, 1.54) is 13.0 Å². The molecule has 0 saturated carbocycles. The molecule has 0 aliphatic rings. The lowest BCUT2D eigenvalue weighted by Gasteiger charge is -2.19. The quantitative estimate of drug-likeness (QED) is 0.880. The van der Waals surface area contributed by atoms with E-state index in [1.54, 1.807) is 12.1 Å². The molecule has 2 atom stereocenters. The van der Waals surface area contributed by atoms with Crippen molar-refractivity contribution in [3.8, 4) is 0 Å². The van der Waals surface area contributed by atoms with E-state index in [-0.39, 0.29) is 0 Å². The summed E-state index contributed by atoms with van der Waals surface area (Å²) in [5.41, 5.74) is 5.24. The van der Waals surface area contributed by atoms with E-state index in [9.17, 15) is 9.90 Å². The molecule has 1 rings (SSSR count). The van der Waals surface area contributed by atoms with Crippen molar-refractivity contribution in [2.45, 2.75) is 19.1 Å². The fourth-order valence-corrected chi connectivity index (χ4v) is 1.65. The van der Waals surface area contributed by atoms with Crippen LogP contribution in [0.3, 0.4) is 0 Å². The molecule has 0 aliphatic heterocycles. The minimum absolute atomic E-state index is 0.344. The van der Waals surface area contributed by atoms with Gasteiger partial charge in [0.2, 0.25) is 0 Å². The monoisotopic (exact) mass is 263 g/mol. The maximum Gasteiger partial charge on any atom is 0.404 e. The van der Waals surface area contributed by atoms with Crippen LogP contribution in [0.15, 0.2) is 18.2 Å². The second-order valence-corrected chi connectivity index (χ2v) is 4.10. The van der Waals surface area contributed by atoms with E-state index in [0.717, 1.165) is 0 Å². The molecule has 3 N–H and O–H groups in total. The number of carbonyl (C=O) groups excluding carboxylic acids is 1. The first kappa shape index (κ1) is 13.1. The Morgan fingerprint density at radius 1 is 1.50 bits per heavy atom. The maximum absolute atomic E-state index is 10.5. The Bertz CT molecular complexity index is 398. The molecule has 0 bridgehead atoms. The van der Waals surface area contributed by atoms with Crippen LogP contribution in [0, 0.1) is 0 Å². The van der Waals surface area contributed by atoms with Gasteiger partial charge in [0.25, 0.3) is 0 Å². The van der Waals surface area contributed by atoms with Crippen molar-refractivity contribution in [2.75, 3.05) is 0 Å². The molecule has 0 radical (unpaired) electrons. The predicted octanol–water partition coefficient (Wildman–Crippen LogP) is 2.51. The summed E-state index contributed by atoms with van der Waals surface area (Å²) in [6.07, 6.45) is -2.82. The summed E-state index contributed by atoms with van der Waals surface area (Å²) < 4.78 is 4.65. The molecule has 0 aromatic heterocycles. The molecule has 0 saturated heterocycles. The van der Waals surface area contributed by atoms with Crippen molar-refractivity contribution in [2.24, 2.45) is 5.73 Å². The van der Waals surface area contributed by atoms with Gasteiger partial charge < -0.3 is 15.6 Å². The third-order valence-corrected chi connectivity index (χ3v) is 2.60. The molecule has 0 fully saturated rings. The van der Waals surface area contributed by atoms with E-state index in [2.05, 4.69) is 4.74 Å². The highest BCUT2D eigenvalue weighted by molar-refractivity contribution is 6.33. The Kier molecular flexibility index (Phi) is 4.41. The van der Waals surface area contributed by atoms with Crippen molar-refractivity contribution < 1.29 is 14.6 Å². The van der Waals surface area contributed by atoms with Gasteiger partial charge in [-0.05, 0) is 25.1 Å². The third kappa shape index (κ3) is 3.27. The number of primary amides is 1. The highest BCUT2D eigenvalue weighted by atomic mass is 35.5. The molecule has 6 heteroatoms. The number of benzene rings is 1. The molecule has 1 aromatic rings. The molecule has 0 heterocycles. The molecule has 1 aromatic carbocycles. The molecule has 16 heavy (non-hydrogen) atoms. The fraction of sp³-hybridized carbons (Fsp3) is 0.300.